The van der Waals surface area contributed by atoms with Gasteiger partial charge in [-0.3, -0.25) is 19.3 Å². The first-order valence-corrected chi connectivity index (χ1v) is 12.1. The van der Waals surface area contributed by atoms with Crippen molar-refractivity contribution in [1.29, 1.82) is 0 Å². The minimum Gasteiger partial charge on any atom is -0.467 e. The molecule has 2 saturated heterocycles. The van der Waals surface area contributed by atoms with Crippen LogP contribution in [0.15, 0.2) is 22.8 Å². The van der Waals surface area contributed by atoms with Crippen molar-refractivity contribution in [2.24, 2.45) is 11.8 Å². The van der Waals surface area contributed by atoms with Crippen LogP contribution >= 0.6 is 0 Å². The molecule has 0 N–H and O–H groups in total. The number of hydrogen-bond acceptors (Lipinski definition) is 6. The lowest BCUT2D eigenvalue weighted by Gasteiger charge is -2.28. The first-order valence-electron chi connectivity index (χ1n) is 10.2. The lowest BCUT2D eigenvalue weighted by molar-refractivity contribution is -0.141. The Labute approximate surface area is 170 Å². The van der Waals surface area contributed by atoms with Crippen LogP contribution < -0.4 is 0 Å². The maximum Gasteiger partial charge on any atom is 0.233 e. The van der Waals surface area contributed by atoms with Crippen molar-refractivity contribution in [1.82, 2.24) is 9.80 Å². The van der Waals surface area contributed by atoms with Crippen LogP contribution in [0.25, 0.3) is 0 Å². The van der Waals surface area contributed by atoms with Gasteiger partial charge < -0.3 is 9.32 Å². The zero-order valence-electron chi connectivity index (χ0n) is 16.3. The summed E-state index contributed by atoms with van der Waals surface area (Å²) in [7, 11) is -3.16. The molecule has 3 fully saturated rings. The second kappa shape index (κ2) is 7.93. The van der Waals surface area contributed by atoms with Crippen molar-refractivity contribution in [3.05, 3.63) is 24.2 Å². The minimum atomic E-state index is -3.16. The van der Waals surface area contributed by atoms with Gasteiger partial charge in [0.2, 0.25) is 17.7 Å². The van der Waals surface area contributed by atoms with Crippen LogP contribution in [0.4, 0.5) is 0 Å². The number of rotatable bonds is 6. The van der Waals surface area contributed by atoms with Gasteiger partial charge in [-0.25, -0.2) is 8.42 Å². The van der Waals surface area contributed by atoms with E-state index in [1.54, 1.807) is 12.1 Å². The first-order chi connectivity index (χ1) is 13.9. The Bertz CT molecular complexity index is 870. The van der Waals surface area contributed by atoms with Gasteiger partial charge in [-0.05, 0) is 31.4 Å². The van der Waals surface area contributed by atoms with E-state index in [4.69, 9.17) is 4.42 Å². The lowest BCUT2D eigenvalue weighted by Crippen LogP contribution is -2.42. The Morgan fingerprint density at radius 1 is 1.14 bits per heavy atom. The van der Waals surface area contributed by atoms with Gasteiger partial charge in [-0.1, -0.05) is 12.8 Å². The topological polar surface area (TPSA) is 105 Å². The summed E-state index contributed by atoms with van der Waals surface area (Å²) < 4.78 is 29.2. The van der Waals surface area contributed by atoms with Crippen LogP contribution in [0.1, 0.15) is 44.3 Å². The number of sulfone groups is 1. The molecule has 0 radical (unpaired) electrons. The van der Waals surface area contributed by atoms with E-state index in [0.29, 0.717) is 12.2 Å². The van der Waals surface area contributed by atoms with E-state index in [2.05, 4.69) is 0 Å². The largest absolute Gasteiger partial charge is 0.467 e. The fourth-order valence-electron chi connectivity index (χ4n) is 4.81. The van der Waals surface area contributed by atoms with Crippen molar-refractivity contribution in [2.45, 2.75) is 51.1 Å². The SMILES string of the molecule is O=C1[C@H]2CCCC[C@H]2C(=O)N1CCC(=O)N(Cc1ccco1)[C@H]1CCS(=O)(=O)C1. The highest BCUT2D eigenvalue weighted by atomic mass is 32.2. The molecule has 2 aliphatic heterocycles. The number of carbonyl (C=O) groups excluding carboxylic acids is 3. The molecule has 1 aromatic heterocycles. The number of furan rings is 1. The average Bonchev–Trinajstić information content (AvgIpc) is 3.39. The molecule has 158 valence electrons. The van der Waals surface area contributed by atoms with Gasteiger partial charge in [-0.15, -0.1) is 0 Å². The Balaban J connectivity index is 1.44. The van der Waals surface area contributed by atoms with Crippen LogP contribution in [0, 0.1) is 11.8 Å². The molecule has 1 saturated carbocycles. The number of imide groups is 1. The minimum absolute atomic E-state index is 0.00578. The third-order valence-corrected chi connectivity index (χ3v) is 8.11. The summed E-state index contributed by atoms with van der Waals surface area (Å²) in [5.74, 6) is -0.476. The van der Waals surface area contributed by atoms with Crippen molar-refractivity contribution in [3.8, 4) is 0 Å². The number of hydrogen-bond donors (Lipinski definition) is 0. The van der Waals surface area contributed by atoms with Gasteiger partial charge in [0.15, 0.2) is 9.84 Å². The van der Waals surface area contributed by atoms with Crippen LogP contribution in [0.5, 0.6) is 0 Å². The fourth-order valence-corrected chi connectivity index (χ4v) is 6.55. The van der Waals surface area contributed by atoms with E-state index in [1.807, 2.05) is 0 Å². The number of likely N-dealkylation sites (tertiary alicyclic amines) is 1. The molecule has 3 heterocycles. The molecule has 3 aliphatic rings. The Morgan fingerprint density at radius 3 is 2.38 bits per heavy atom. The summed E-state index contributed by atoms with van der Waals surface area (Å²) in [6, 6.07) is 3.04. The summed E-state index contributed by atoms with van der Waals surface area (Å²) >= 11 is 0. The van der Waals surface area contributed by atoms with Gasteiger partial charge in [0.25, 0.3) is 0 Å². The highest BCUT2D eigenvalue weighted by Crippen LogP contribution is 2.38. The van der Waals surface area contributed by atoms with Crippen molar-refractivity contribution in [3.63, 3.8) is 0 Å². The van der Waals surface area contributed by atoms with E-state index in [0.717, 1.165) is 25.7 Å². The third kappa shape index (κ3) is 4.10. The Hall–Kier alpha value is -2.16. The third-order valence-electron chi connectivity index (χ3n) is 6.36. The molecule has 3 atom stereocenters. The van der Waals surface area contributed by atoms with E-state index < -0.39 is 15.9 Å². The monoisotopic (exact) mass is 422 g/mol. The molecular formula is C20H26N2O6S. The zero-order valence-corrected chi connectivity index (χ0v) is 17.1. The highest BCUT2D eigenvalue weighted by molar-refractivity contribution is 7.91. The summed E-state index contributed by atoms with van der Waals surface area (Å²) in [4.78, 5) is 41.0. The molecule has 1 aliphatic carbocycles. The van der Waals surface area contributed by atoms with Crippen molar-refractivity contribution >= 4 is 27.6 Å². The van der Waals surface area contributed by atoms with E-state index in [1.165, 1.54) is 16.1 Å². The summed E-state index contributed by atoms with van der Waals surface area (Å²) in [6.07, 6.45) is 5.29. The molecule has 29 heavy (non-hydrogen) atoms. The fraction of sp³-hybridized carbons (Fsp3) is 0.650. The predicted octanol–water partition coefficient (Wildman–Crippen LogP) is 1.36. The van der Waals surface area contributed by atoms with Crippen LogP contribution in [0.3, 0.4) is 0 Å². The summed E-state index contributed by atoms with van der Waals surface area (Å²) in [5.41, 5.74) is 0. The highest BCUT2D eigenvalue weighted by Gasteiger charge is 2.48. The molecular weight excluding hydrogens is 396 g/mol. The smallest absolute Gasteiger partial charge is 0.233 e. The van der Waals surface area contributed by atoms with Crippen LogP contribution in [-0.4, -0.2) is 60.0 Å². The molecule has 4 rings (SSSR count). The van der Waals surface area contributed by atoms with E-state index in [-0.39, 0.29) is 60.6 Å². The normalized spacial score (nSPS) is 28.6. The molecule has 8 nitrogen and oxygen atoms in total. The summed E-state index contributed by atoms with van der Waals surface area (Å²) in [5, 5.41) is 0. The summed E-state index contributed by atoms with van der Waals surface area (Å²) in [6.45, 7) is 0.233. The Morgan fingerprint density at radius 2 is 1.83 bits per heavy atom. The molecule has 1 aromatic rings. The van der Waals surface area contributed by atoms with Gasteiger partial charge in [0.05, 0.1) is 36.1 Å². The quantitative estimate of drug-likeness (QED) is 0.641. The zero-order chi connectivity index (χ0) is 20.6. The number of carbonyl (C=O) groups is 3. The Kier molecular flexibility index (Phi) is 5.50. The van der Waals surface area contributed by atoms with E-state index >= 15 is 0 Å². The van der Waals surface area contributed by atoms with Gasteiger partial charge >= 0.3 is 0 Å². The van der Waals surface area contributed by atoms with Crippen LogP contribution in [-0.2, 0) is 30.8 Å². The maximum atomic E-state index is 13.0. The molecule has 0 bridgehead atoms. The number of amides is 3. The van der Waals surface area contributed by atoms with Crippen molar-refractivity contribution in [2.75, 3.05) is 18.1 Å². The average molecular weight is 423 g/mol. The van der Waals surface area contributed by atoms with Gasteiger partial charge in [0.1, 0.15) is 5.76 Å². The molecule has 9 heteroatoms. The lowest BCUT2D eigenvalue weighted by atomic mass is 9.81. The molecule has 0 spiro atoms. The molecule has 3 amide bonds. The molecule has 0 unspecified atom stereocenters. The predicted molar refractivity (Wildman–Crippen MR) is 103 cm³/mol. The standard InChI is InChI=1S/C20H26N2O6S/c23-18(7-9-21-19(24)16-5-1-2-6-17(16)20(21)25)22(12-15-4-3-10-28-15)14-8-11-29(26,27)13-14/h3-4,10,14,16-17H,1-2,5-9,11-13H2/t14-,16-,17+/m0/s1. The first kappa shape index (κ1) is 20.1. The van der Waals surface area contributed by atoms with E-state index in [9.17, 15) is 22.8 Å². The number of fused-ring (bicyclic) bond motifs is 1. The van der Waals surface area contributed by atoms with Gasteiger partial charge in [0, 0.05) is 19.0 Å². The maximum absolute atomic E-state index is 13.0. The molecule has 0 aromatic carbocycles. The van der Waals surface area contributed by atoms with Gasteiger partial charge in [-0.2, -0.15) is 0 Å². The van der Waals surface area contributed by atoms with Crippen molar-refractivity contribution < 1.29 is 27.2 Å². The second-order valence-corrected chi connectivity index (χ2v) is 10.5. The van der Waals surface area contributed by atoms with Crippen LogP contribution in [0.2, 0.25) is 0 Å². The second-order valence-electron chi connectivity index (χ2n) is 8.23. The number of nitrogens with zero attached hydrogens (tertiary/aromatic N) is 2.